The largest absolute Gasteiger partial charge is 0.478 e. The summed E-state index contributed by atoms with van der Waals surface area (Å²) in [6.45, 7) is 1.38. The molecular weight excluding hydrogens is 262 g/mol. The molecule has 2 N–H and O–H groups in total. The zero-order valence-electron chi connectivity index (χ0n) is 10.7. The highest BCUT2D eigenvalue weighted by Gasteiger charge is 1.99. The van der Waals surface area contributed by atoms with E-state index in [0.717, 1.165) is 6.20 Å². The number of para-hydroxylation sites is 1. The summed E-state index contributed by atoms with van der Waals surface area (Å²) in [6.07, 6.45) is 1.16. The first-order valence-electron chi connectivity index (χ1n) is 5.64. The molecule has 0 saturated heterocycles. The fourth-order valence-corrected chi connectivity index (χ4v) is 1.20. The van der Waals surface area contributed by atoms with Gasteiger partial charge in [0.15, 0.2) is 0 Å². The van der Waals surface area contributed by atoms with Gasteiger partial charge in [-0.2, -0.15) is 0 Å². The third-order valence-electron chi connectivity index (χ3n) is 2.04. The van der Waals surface area contributed by atoms with Gasteiger partial charge < -0.3 is 14.8 Å². The number of aromatic amines is 1. The van der Waals surface area contributed by atoms with E-state index in [1.807, 2.05) is 18.2 Å². The molecule has 1 aromatic heterocycles. The molecule has 0 amide bonds. The third kappa shape index (κ3) is 5.63. The summed E-state index contributed by atoms with van der Waals surface area (Å²) in [6, 6.07) is 11.4. The van der Waals surface area contributed by atoms with E-state index in [2.05, 4.69) is 4.98 Å². The number of pyridine rings is 1. The van der Waals surface area contributed by atoms with Gasteiger partial charge in [-0.05, 0) is 18.2 Å². The Bertz CT molecular complexity index is 613. The fraction of sp³-hybridized carbons (Fsp3) is 0.0714. The summed E-state index contributed by atoms with van der Waals surface area (Å²) >= 11 is 0. The van der Waals surface area contributed by atoms with E-state index in [4.69, 9.17) is 9.84 Å². The number of aromatic carboxylic acids is 1. The van der Waals surface area contributed by atoms with Crippen LogP contribution in [0.2, 0.25) is 0 Å². The Morgan fingerprint density at radius 1 is 1.10 bits per heavy atom. The second-order valence-corrected chi connectivity index (χ2v) is 3.65. The minimum Gasteiger partial charge on any atom is -0.478 e. The quantitative estimate of drug-likeness (QED) is 0.642. The van der Waals surface area contributed by atoms with Crippen molar-refractivity contribution in [3.8, 4) is 5.75 Å². The maximum absolute atomic E-state index is 10.4. The van der Waals surface area contributed by atoms with Crippen molar-refractivity contribution in [1.82, 2.24) is 4.98 Å². The topological polar surface area (TPSA) is 96.5 Å². The summed E-state index contributed by atoms with van der Waals surface area (Å²) in [5.74, 6) is -0.738. The van der Waals surface area contributed by atoms with Gasteiger partial charge in [-0.25, -0.2) is 4.79 Å². The molecule has 0 unspecified atom stereocenters. The highest BCUT2D eigenvalue weighted by molar-refractivity contribution is 5.86. The molecule has 6 nitrogen and oxygen atoms in total. The van der Waals surface area contributed by atoms with Crippen LogP contribution in [0.5, 0.6) is 5.75 Å². The zero-order chi connectivity index (χ0) is 15.0. The Morgan fingerprint density at radius 3 is 2.20 bits per heavy atom. The molecule has 0 aliphatic rings. The minimum absolute atomic E-state index is 0.0830. The Labute approximate surface area is 114 Å². The molecule has 0 aliphatic carbocycles. The monoisotopic (exact) mass is 275 g/mol. The van der Waals surface area contributed by atoms with Crippen molar-refractivity contribution in [2.24, 2.45) is 0 Å². The average Bonchev–Trinajstić information content (AvgIpc) is 2.40. The standard InChI is InChI=1S/C8H8O2.C6H5NO3/c1-7(9)10-8-5-3-2-4-6-8;8-5-2-1-4(3-7-5)6(9)10/h2-6H,1H3;1-3H,(H,7,8)(H,9,10). The second-order valence-electron chi connectivity index (χ2n) is 3.65. The Kier molecular flexibility index (Phi) is 5.71. The van der Waals surface area contributed by atoms with E-state index in [0.29, 0.717) is 5.75 Å². The molecule has 0 radical (unpaired) electrons. The van der Waals surface area contributed by atoms with Crippen molar-refractivity contribution in [1.29, 1.82) is 0 Å². The summed E-state index contributed by atoms with van der Waals surface area (Å²) in [4.78, 5) is 33.2. The van der Waals surface area contributed by atoms with Crippen LogP contribution < -0.4 is 10.3 Å². The summed E-state index contributed by atoms with van der Waals surface area (Å²) in [5.41, 5.74) is -0.218. The number of carboxylic acid groups (broad SMARTS) is 1. The Balaban J connectivity index is 0.000000200. The number of carbonyl (C=O) groups is 2. The van der Waals surface area contributed by atoms with Gasteiger partial charge in [0.2, 0.25) is 5.56 Å². The van der Waals surface area contributed by atoms with Crippen molar-refractivity contribution in [3.63, 3.8) is 0 Å². The third-order valence-corrected chi connectivity index (χ3v) is 2.04. The average molecular weight is 275 g/mol. The van der Waals surface area contributed by atoms with Gasteiger partial charge >= 0.3 is 11.9 Å². The van der Waals surface area contributed by atoms with E-state index in [-0.39, 0.29) is 17.1 Å². The zero-order valence-corrected chi connectivity index (χ0v) is 10.7. The normalized spacial score (nSPS) is 9.05. The maximum atomic E-state index is 10.4. The lowest BCUT2D eigenvalue weighted by Crippen LogP contribution is -2.05. The lowest BCUT2D eigenvalue weighted by atomic mass is 10.3. The van der Waals surface area contributed by atoms with E-state index >= 15 is 0 Å². The summed E-state index contributed by atoms with van der Waals surface area (Å²) in [5, 5.41) is 8.35. The molecule has 1 heterocycles. The van der Waals surface area contributed by atoms with Gasteiger partial charge in [0.25, 0.3) is 0 Å². The number of carbonyl (C=O) groups excluding carboxylic acids is 1. The smallest absolute Gasteiger partial charge is 0.337 e. The molecule has 104 valence electrons. The SMILES string of the molecule is CC(=O)Oc1ccccc1.O=C(O)c1ccc(=O)[nH]c1. The minimum atomic E-state index is -1.05. The molecule has 2 rings (SSSR count). The van der Waals surface area contributed by atoms with Crippen LogP contribution in [0.25, 0.3) is 0 Å². The van der Waals surface area contributed by atoms with Crippen LogP contribution in [-0.2, 0) is 4.79 Å². The van der Waals surface area contributed by atoms with Crippen LogP contribution in [-0.4, -0.2) is 22.0 Å². The van der Waals surface area contributed by atoms with Gasteiger partial charge in [-0.15, -0.1) is 0 Å². The molecule has 0 spiro atoms. The number of H-pyrrole nitrogens is 1. The lowest BCUT2D eigenvalue weighted by Gasteiger charge is -1.97. The molecule has 20 heavy (non-hydrogen) atoms. The van der Waals surface area contributed by atoms with Gasteiger partial charge in [0.1, 0.15) is 5.75 Å². The van der Waals surface area contributed by atoms with Gasteiger partial charge in [-0.3, -0.25) is 9.59 Å². The number of carboxylic acids is 1. The lowest BCUT2D eigenvalue weighted by molar-refractivity contribution is -0.131. The van der Waals surface area contributed by atoms with Crippen molar-refractivity contribution < 1.29 is 19.4 Å². The Morgan fingerprint density at radius 2 is 1.75 bits per heavy atom. The van der Waals surface area contributed by atoms with Crippen LogP contribution in [0, 0.1) is 0 Å². The maximum Gasteiger partial charge on any atom is 0.337 e. The second kappa shape index (κ2) is 7.52. The molecule has 0 atom stereocenters. The predicted octanol–water partition coefficient (Wildman–Crippen LogP) is 1.69. The van der Waals surface area contributed by atoms with Gasteiger partial charge in [0, 0.05) is 19.2 Å². The van der Waals surface area contributed by atoms with E-state index in [1.54, 1.807) is 12.1 Å². The number of rotatable bonds is 2. The van der Waals surface area contributed by atoms with Crippen molar-refractivity contribution in [3.05, 3.63) is 64.6 Å². The van der Waals surface area contributed by atoms with E-state index in [9.17, 15) is 14.4 Å². The molecule has 0 saturated carbocycles. The van der Waals surface area contributed by atoms with Crippen LogP contribution in [0.4, 0.5) is 0 Å². The highest BCUT2D eigenvalue weighted by Crippen LogP contribution is 2.07. The summed E-state index contributed by atoms with van der Waals surface area (Å²) in [7, 11) is 0. The molecular formula is C14H13NO5. The molecule has 0 fully saturated rings. The predicted molar refractivity (Wildman–Crippen MR) is 71.8 cm³/mol. The number of ether oxygens (including phenoxy) is 1. The van der Waals surface area contributed by atoms with Crippen molar-refractivity contribution >= 4 is 11.9 Å². The van der Waals surface area contributed by atoms with Crippen LogP contribution in [0.1, 0.15) is 17.3 Å². The number of benzene rings is 1. The van der Waals surface area contributed by atoms with Crippen LogP contribution in [0.15, 0.2) is 53.5 Å². The first kappa shape index (κ1) is 15.2. The van der Waals surface area contributed by atoms with Crippen LogP contribution >= 0.6 is 0 Å². The number of aromatic nitrogens is 1. The van der Waals surface area contributed by atoms with Gasteiger partial charge in [0.05, 0.1) is 5.56 Å². The van der Waals surface area contributed by atoms with Crippen LogP contribution in [0.3, 0.4) is 0 Å². The van der Waals surface area contributed by atoms with Crippen molar-refractivity contribution in [2.45, 2.75) is 6.92 Å². The first-order chi connectivity index (χ1) is 9.49. The van der Waals surface area contributed by atoms with E-state index in [1.165, 1.54) is 19.1 Å². The molecule has 1 aromatic carbocycles. The molecule has 0 bridgehead atoms. The highest BCUT2D eigenvalue weighted by atomic mass is 16.5. The number of hydrogen-bond donors (Lipinski definition) is 2. The Hall–Kier alpha value is -2.89. The first-order valence-corrected chi connectivity index (χ1v) is 5.64. The number of esters is 1. The molecule has 2 aromatic rings. The molecule has 6 heteroatoms. The van der Waals surface area contributed by atoms with E-state index < -0.39 is 5.97 Å². The molecule has 0 aliphatic heterocycles. The number of nitrogens with one attached hydrogen (secondary N) is 1. The number of hydrogen-bond acceptors (Lipinski definition) is 4. The van der Waals surface area contributed by atoms with Gasteiger partial charge in [-0.1, -0.05) is 18.2 Å². The summed E-state index contributed by atoms with van der Waals surface area (Å²) < 4.78 is 4.78. The van der Waals surface area contributed by atoms with Crippen molar-refractivity contribution in [2.75, 3.05) is 0 Å². The fourth-order valence-electron chi connectivity index (χ4n) is 1.20.